The van der Waals surface area contributed by atoms with Crippen molar-refractivity contribution >= 4 is 54.4 Å². The summed E-state index contributed by atoms with van der Waals surface area (Å²) in [6, 6.07) is 0. The van der Waals surface area contributed by atoms with Gasteiger partial charge in [0.05, 0.1) is 0 Å². The van der Waals surface area contributed by atoms with Crippen molar-refractivity contribution in [2.45, 2.75) is 4.34 Å². The zero-order chi connectivity index (χ0) is 12.5. The maximum absolute atomic E-state index is 11.8. The van der Waals surface area contributed by atoms with Crippen molar-refractivity contribution in [3.63, 3.8) is 0 Å². The Kier molecular flexibility index (Phi) is 3.52. The molecule has 0 aromatic carbocycles. The van der Waals surface area contributed by atoms with Crippen molar-refractivity contribution in [3.05, 3.63) is 16.7 Å². The second-order valence-corrected chi connectivity index (χ2v) is 6.90. The summed E-state index contributed by atoms with van der Waals surface area (Å²) >= 11 is 7.94. The Morgan fingerprint density at radius 2 is 2.24 bits per heavy atom. The lowest BCUT2D eigenvalue weighted by atomic mass is 10.8. The van der Waals surface area contributed by atoms with Gasteiger partial charge >= 0.3 is 0 Å². The first-order valence-electron chi connectivity index (χ1n) is 4.29. The number of rotatable bonds is 4. The quantitative estimate of drug-likeness (QED) is 0.903. The van der Waals surface area contributed by atoms with Crippen LogP contribution in [0.25, 0.3) is 0 Å². The maximum atomic E-state index is 11.8. The highest BCUT2D eigenvalue weighted by atomic mass is 35.5. The first-order valence-corrected chi connectivity index (χ1v) is 7.85. The molecule has 0 saturated carbocycles. The molecule has 0 atom stereocenters. The van der Waals surface area contributed by atoms with Crippen molar-refractivity contribution in [1.82, 2.24) is 9.97 Å². The van der Waals surface area contributed by atoms with Gasteiger partial charge in [0.15, 0.2) is 10.3 Å². The fraction of sp³-hybridized carbons (Fsp3) is 0.143. The third-order valence-corrected chi connectivity index (χ3v) is 5.72. The summed E-state index contributed by atoms with van der Waals surface area (Å²) in [6.07, 6.45) is 1.42. The van der Waals surface area contributed by atoms with Crippen LogP contribution < -0.4 is 10.0 Å². The number of hydrogen-bond donors (Lipinski definition) is 2. The number of hydrogen-bond acceptors (Lipinski definition) is 7. The summed E-state index contributed by atoms with van der Waals surface area (Å²) in [7, 11) is -1.98. The van der Waals surface area contributed by atoms with Crippen molar-refractivity contribution in [1.29, 1.82) is 0 Å². The molecule has 0 saturated heterocycles. The van der Waals surface area contributed by atoms with E-state index in [0.717, 1.165) is 22.7 Å². The third-order valence-electron chi connectivity index (χ3n) is 1.67. The van der Waals surface area contributed by atoms with Gasteiger partial charge in [0.1, 0.15) is 5.00 Å². The van der Waals surface area contributed by atoms with Crippen LogP contribution in [-0.4, -0.2) is 25.4 Å². The summed E-state index contributed by atoms with van der Waals surface area (Å²) in [6.45, 7) is 0. The molecule has 10 heteroatoms. The van der Waals surface area contributed by atoms with Crippen LogP contribution in [0.2, 0.25) is 5.15 Å². The van der Waals surface area contributed by atoms with E-state index < -0.39 is 10.0 Å². The SMILES string of the molecule is CNc1sc(NS(=O)(=O)c2nccs2)nc1Cl. The standard InChI is InChI=1S/C7H7ClN4O2S3/c1-9-5-4(8)11-6(16-5)12-17(13,14)7-10-2-3-15-7/h2-3,9H,1H3,(H,11,12). The number of aromatic nitrogens is 2. The summed E-state index contributed by atoms with van der Waals surface area (Å²) in [5.74, 6) is 0. The maximum Gasteiger partial charge on any atom is 0.291 e. The smallest absolute Gasteiger partial charge is 0.291 e. The normalized spacial score (nSPS) is 11.4. The number of thiazole rings is 2. The highest BCUT2D eigenvalue weighted by molar-refractivity contribution is 7.94. The molecule has 6 nitrogen and oxygen atoms in total. The van der Waals surface area contributed by atoms with E-state index in [1.54, 1.807) is 12.4 Å². The van der Waals surface area contributed by atoms with Crippen molar-refractivity contribution in [3.8, 4) is 0 Å². The molecule has 2 aromatic rings. The second kappa shape index (κ2) is 4.77. The number of halogens is 1. The van der Waals surface area contributed by atoms with Crippen LogP contribution in [0, 0.1) is 0 Å². The predicted octanol–water partition coefficient (Wildman–Crippen LogP) is 2.10. The molecule has 2 N–H and O–H groups in total. The lowest BCUT2D eigenvalue weighted by Gasteiger charge is -1.99. The third kappa shape index (κ3) is 2.68. The predicted molar refractivity (Wildman–Crippen MR) is 69.6 cm³/mol. The van der Waals surface area contributed by atoms with Gasteiger partial charge in [0, 0.05) is 18.6 Å². The monoisotopic (exact) mass is 310 g/mol. The molecule has 0 fully saturated rings. The Balaban J connectivity index is 2.26. The summed E-state index contributed by atoms with van der Waals surface area (Å²) in [5.41, 5.74) is 0. The van der Waals surface area contributed by atoms with E-state index in [0.29, 0.717) is 5.00 Å². The molecule has 2 heterocycles. The minimum Gasteiger partial charge on any atom is -0.377 e. The van der Waals surface area contributed by atoms with Gasteiger partial charge in [-0.05, 0) is 0 Å². The van der Waals surface area contributed by atoms with Gasteiger partial charge in [-0.3, -0.25) is 4.72 Å². The number of sulfonamides is 1. The molecule has 0 bridgehead atoms. The van der Waals surface area contributed by atoms with Crippen molar-refractivity contribution in [2.24, 2.45) is 0 Å². The van der Waals surface area contributed by atoms with Gasteiger partial charge < -0.3 is 5.32 Å². The van der Waals surface area contributed by atoms with E-state index in [-0.39, 0.29) is 14.6 Å². The van der Waals surface area contributed by atoms with Crippen LogP contribution >= 0.6 is 34.3 Å². The molecule has 0 amide bonds. The fourth-order valence-corrected chi connectivity index (χ4v) is 4.12. The van der Waals surface area contributed by atoms with Crippen LogP contribution in [0.1, 0.15) is 0 Å². The van der Waals surface area contributed by atoms with Crippen LogP contribution in [0.5, 0.6) is 0 Å². The van der Waals surface area contributed by atoms with E-state index in [1.807, 2.05) is 0 Å². The summed E-state index contributed by atoms with van der Waals surface area (Å²) in [4.78, 5) is 7.61. The van der Waals surface area contributed by atoms with Crippen LogP contribution in [0.15, 0.2) is 15.9 Å². The number of nitrogens with one attached hydrogen (secondary N) is 2. The van der Waals surface area contributed by atoms with Gasteiger partial charge in [-0.25, -0.2) is 9.97 Å². The van der Waals surface area contributed by atoms with E-state index in [4.69, 9.17) is 11.6 Å². The van der Waals surface area contributed by atoms with Gasteiger partial charge in [-0.1, -0.05) is 22.9 Å². The van der Waals surface area contributed by atoms with Crippen molar-refractivity contribution < 1.29 is 8.42 Å². The molecule has 2 rings (SSSR count). The Morgan fingerprint density at radius 3 is 2.76 bits per heavy atom. The average Bonchev–Trinajstić information content (AvgIpc) is 2.86. The Bertz CT molecular complexity index is 607. The summed E-state index contributed by atoms with van der Waals surface area (Å²) < 4.78 is 25.9. The van der Waals surface area contributed by atoms with Crippen LogP contribution in [0.3, 0.4) is 0 Å². The largest absolute Gasteiger partial charge is 0.377 e. The van der Waals surface area contributed by atoms with E-state index >= 15 is 0 Å². The Hall–Kier alpha value is -0.900. The second-order valence-electron chi connectivity index (χ2n) is 2.79. The number of anilines is 2. The van der Waals surface area contributed by atoms with E-state index in [9.17, 15) is 8.42 Å². The molecule has 92 valence electrons. The molecule has 2 aromatic heterocycles. The first kappa shape index (κ1) is 12.6. The Labute approximate surface area is 111 Å². The fourth-order valence-electron chi connectivity index (χ4n) is 1.00. The lowest BCUT2D eigenvalue weighted by Crippen LogP contribution is -2.12. The zero-order valence-electron chi connectivity index (χ0n) is 8.47. The molecule has 0 radical (unpaired) electrons. The summed E-state index contributed by atoms with van der Waals surface area (Å²) in [5, 5.41) is 5.43. The van der Waals surface area contributed by atoms with Gasteiger partial charge in [-0.15, -0.1) is 11.3 Å². The highest BCUT2D eigenvalue weighted by Crippen LogP contribution is 2.32. The molecule has 0 aliphatic carbocycles. The minimum absolute atomic E-state index is 0.00479. The highest BCUT2D eigenvalue weighted by Gasteiger charge is 2.19. The first-order chi connectivity index (χ1) is 8.03. The topological polar surface area (TPSA) is 84.0 Å². The molecule has 0 aliphatic rings. The molecule has 17 heavy (non-hydrogen) atoms. The van der Waals surface area contributed by atoms with Crippen LogP contribution in [0.4, 0.5) is 10.1 Å². The van der Waals surface area contributed by atoms with Crippen molar-refractivity contribution in [2.75, 3.05) is 17.1 Å². The minimum atomic E-state index is -3.66. The molecular formula is C7H7ClN4O2S3. The molecule has 0 spiro atoms. The average molecular weight is 311 g/mol. The van der Waals surface area contributed by atoms with Gasteiger partial charge in [0.2, 0.25) is 4.34 Å². The molecular weight excluding hydrogens is 304 g/mol. The molecule has 0 unspecified atom stereocenters. The van der Waals surface area contributed by atoms with Gasteiger partial charge in [-0.2, -0.15) is 8.42 Å². The van der Waals surface area contributed by atoms with Gasteiger partial charge in [0.25, 0.3) is 10.0 Å². The van der Waals surface area contributed by atoms with Crippen LogP contribution in [-0.2, 0) is 10.0 Å². The zero-order valence-corrected chi connectivity index (χ0v) is 11.7. The van der Waals surface area contributed by atoms with E-state index in [2.05, 4.69) is 20.0 Å². The molecule has 0 aliphatic heterocycles. The number of nitrogens with zero attached hydrogens (tertiary/aromatic N) is 2. The van der Waals surface area contributed by atoms with E-state index in [1.165, 1.54) is 6.20 Å². The Morgan fingerprint density at radius 1 is 1.47 bits per heavy atom. The lowest BCUT2D eigenvalue weighted by molar-refractivity contribution is 0.600.